The maximum absolute atomic E-state index is 10.9. The average molecular weight is 218 g/mol. The molecule has 2 rings (SSSR count). The smallest absolute Gasteiger partial charge is 0.284 e. The van der Waals surface area contributed by atoms with Crippen molar-refractivity contribution < 1.29 is 14.1 Å². The zero-order valence-corrected chi connectivity index (χ0v) is 8.47. The second-order valence-electron chi connectivity index (χ2n) is 3.06. The summed E-state index contributed by atoms with van der Waals surface area (Å²) in [6.07, 6.45) is 2.49. The van der Waals surface area contributed by atoms with Crippen LogP contribution in [0.15, 0.2) is 34.7 Å². The fourth-order valence-electron chi connectivity index (χ4n) is 1.38. The molecule has 5 nitrogen and oxygen atoms in total. The van der Waals surface area contributed by atoms with Crippen LogP contribution in [0, 0.1) is 16.4 Å². The molecule has 0 aliphatic rings. The molecule has 1 aromatic heterocycles. The molecule has 1 radical (unpaired) electrons. The molecule has 0 saturated heterocycles. The van der Waals surface area contributed by atoms with E-state index in [0.717, 1.165) is 0 Å². The molecule has 0 fully saturated rings. The third kappa shape index (κ3) is 1.75. The summed E-state index contributed by atoms with van der Waals surface area (Å²) in [5.74, 6) is 0.848. The fourth-order valence-corrected chi connectivity index (χ4v) is 1.38. The lowest BCUT2D eigenvalue weighted by atomic mass is 10.1. The van der Waals surface area contributed by atoms with E-state index < -0.39 is 4.92 Å². The van der Waals surface area contributed by atoms with E-state index in [-0.39, 0.29) is 5.69 Å². The molecular weight excluding hydrogens is 210 g/mol. The van der Waals surface area contributed by atoms with Gasteiger partial charge >= 0.3 is 0 Å². The van der Waals surface area contributed by atoms with Gasteiger partial charge in [0.25, 0.3) is 5.69 Å². The minimum Gasteiger partial charge on any atom is -0.497 e. The predicted molar refractivity (Wildman–Crippen MR) is 56.2 cm³/mol. The molecule has 0 atom stereocenters. The summed E-state index contributed by atoms with van der Waals surface area (Å²) < 4.78 is 9.95. The Morgan fingerprint density at radius 2 is 2.25 bits per heavy atom. The lowest BCUT2D eigenvalue weighted by molar-refractivity contribution is -0.384. The van der Waals surface area contributed by atoms with Crippen LogP contribution < -0.4 is 4.74 Å². The van der Waals surface area contributed by atoms with Crippen LogP contribution in [0.1, 0.15) is 0 Å². The molecule has 2 aromatic rings. The van der Waals surface area contributed by atoms with Crippen LogP contribution in [0.25, 0.3) is 11.3 Å². The number of benzene rings is 1. The SMILES string of the molecule is COc1ccc(-c2cc[c]o2)c([N+](=O)[O-])c1. The van der Waals surface area contributed by atoms with Gasteiger partial charge in [-0.1, -0.05) is 0 Å². The minimum absolute atomic E-state index is 0.0531. The predicted octanol–water partition coefficient (Wildman–Crippen LogP) is 2.66. The van der Waals surface area contributed by atoms with Gasteiger partial charge < -0.3 is 9.15 Å². The maximum Gasteiger partial charge on any atom is 0.284 e. The molecule has 0 bridgehead atoms. The molecule has 0 unspecified atom stereocenters. The first-order valence-corrected chi connectivity index (χ1v) is 4.51. The number of nitro groups is 1. The van der Waals surface area contributed by atoms with Gasteiger partial charge in [-0.05, 0) is 24.3 Å². The second kappa shape index (κ2) is 4.06. The van der Waals surface area contributed by atoms with Gasteiger partial charge in [-0.25, -0.2) is 0 Å². The van der Waals surface area contributed by atoms with E-state index in [1.165, 1.54) is 13.2 Å². The van der Waals surface area contributed by atoms with Crippen LogP contribution in [-0.2, 0) is 0 Å². The number of hydrogen-bond donors (Lipinski definition) is 0. The lowest BCUT2D eigenvalue weighted by Gasteiger charge is -2.02. The van der Waals surface area contributed by atoms with Crippen molar-refractivity contribution in [1.82, 2.24) is 0 Å². The number of hydrogen-bond acceptors (Lipinski definition) is 4. The van der Waals surface area contributed by atoms with Crippen molar-refractivity contribution in [2.24, 2.45) is 0 Å². The first-order valence-electron chi connectivity index (χ1n) is 4.51. The average Bonchev–Trinajstić information content (AvgIpc) is 2.81. The quantitative estimate of drug-likeness (QED) is 0.586. The van der Waals surface area contributed by atoms with Crippen molar-refractivity contribution in [3.05, 3.63) is 46.7 Å². The summed E-state index contributed by atoms with van der Waals surface area (Å²) >= 11 is 0. The second-order valence-corrected chi connectivity index (χ2v) is 3.06. The van der Waals surface area contributed by atoms with Crippen LogP contribution >= 0.6 is 0 Å². The largest absolute Gasteiger partial charge is 0.497 e. The monoisotopic (exact) mass is 218 g/mol. The molecule has 0 amide bonds. The number of rotatable bonds is 3. The molecule has 1 heterocycles. The van der Waals surface area contributed by atoms with E-state index in [1.54, 1.807) is 24.3 Å². The molecule has 0 N–H and O–H groups in total. The highest BCUT2D eigenvalue weighted by molar-refractivity contribution is 5.70. The summed E-state index contributed by atoms with van der Waals surface area (Å²) in [5, 5.41) is 10.9. The van der Waals surface area contributed by atoms with Gasteiger partial charge in [-0.15, -0.1) is 0 Å². The van der Waals surface area contributed by atoms with Gasteiger partial charge in [-0.2, -0.15) is 0 Å². The molecule has 1 aromatic carbocycles. The Morgan fingerprint density at radius 1 is 1.44 bits per heavy atom. The van der Waals surface area contributed by atoms with Gasteiger partial charge in [0.1, 0.15) is 11.5 Å². The molecule has 0 spiro atoms. The van der Waals surface area contributed by atoms with Crippen LogP contribution in [-0.4, -0.2) is 12.0 Å². The van der Waals surface area contributed by atoms with Gasteiger partial charge in [0.05, 0.1) is 23.7 Å². The molecule has 16 heavy (non-hydrogen) atoms. The Hall–Kier alpha value is -2.30. The van der Waals surface area contributed by atoms with Crippen molar-refractivity contribution in [2.45, 2.75) is 0 Å². The number of methoxy groups -OCH3 is 1. The van der Waals surface area contributed by atoms with E-state index >= 15 is 0 Å². The topological polar surface area (TPSA) is 65.5 Å². The van der Waals surface area contributed by atoms with Crippen LogP contribution in [0.2, 0.25) is 0 Å². The van der Waals surface area contributed by atoms with Crippen LogP contribution in [0.3, 0.4) is 0 Å². The molecule has 0 aliphatic carbocycles. The van der Waals surface area contributed by atoms with Crippen molar-refractivity contribution in [3.63, 3.8) is 0 Å². The standard InChI is InChI=1S/C11H8NO4/c1-15-8-4-5-9(10(7-8)12(13)14)11-3-2-6-16-11/h2-5,7H,1H3. The van der Waals surface area contributed by atoms with Gasteiger partial charge in [0, 0.05) is 0 Å². The third-order valence-electron chi connectivity index (χ3n) is 2.14. The molecule has 81 valence electrons. The Morgan fingerprint density at radius 3 is 2.81 bits per heavy atom. The minimum atomic E-state index is -0.472. The molecule has 0 saturated carbocycles. The third-order valence-corrected chi connectivity index (χ3v) is 2.14. The van der Waals surface area contributed by atoms with E-state index in [9.17, 15) is 10.1 Å². The van der Waals surface area contributed by atoms with E-state index in [1.807, 2.05) is 0 Å². The van der Waals surface area contributed by atoms with Gasteiger partial charge in [-0.3, -0.25) is 10.1 Å². The first kappa shape index (κ1) is 10.2. The summed E-state index contributed by atoms with van der Waals surface area (Å²) in [4.78, 5) is 10.4. The molecule has 5 heteroatoms. The highest BCUT2D eigenvalue weighted by Gasteiger charge is 2.18. The molecule has 0 aliphatic heterocycles. The Balaban J connectivity index is 2.57. The molecular formula is C11H8NO4. The van der Waals surface area contributed by atoms with Crippen molar-refractivity contribution in [1.29, 1.82) is 0 Å². The van der Waals surface area contributed by atoms with E-state index in [0.29, 0.717) is 17.1 Å². The number of furan rings is 1. The van der Waals surface area contributed by atoms with E-state index in [2.05, 4.69) is 6.26 Å². The number of nitrogens with zero attached hydrogens (tertiary/aromatic N) is 1. The summed E-state index contributed by atoms with van der Waals surface area (Å²) in [7, 11) is 1.46. The Bertz CT molecular complexity index is 505. The highest BCUT2D eigenvalue weighted by atomic mass is 16.6. The maximum atomic E-state index is 10.9. The zero-order valence-electron chi connectivity index (χ0n) is 8.47. The summed E-state index contributed by atoms with van der Waals surface area (Å²) in [5.41, 5.74) is 0.356. The first-order chi connectivity index (χ1) is 7.72. The number of nitro benzene ring substituents is 1. The zero-order chi connectivity index (χ0) is 11.5. The lowest BCUT2D eigenvalue weighted by Crippen LogP contribution is -1.93. The number of ether oxygens (including phenoxy) is 1. The van der Waals surface area contributed by atoms with Crippen LogP contribution in [0.4, 0.5) is 5.69 Å². The van der Waals surface area contributed by atoms with Crippen molar-refractivity contribution >= 4 is 5.69 Å². The van der Waals surface area contributed by atoms with Crippen LogP contribution in [0.5, 0.6) is 5.75 Å². The van der Waals surface area contributed by atoms with E-state index in [4.69, 9.17) is 9.15 Å². The Kier molecular flexibility index (Phi) is 2.59. The van der Waals surface area contributed by atoms with Crippen molar-refractivity contribution in [2.75, 3.05) is 7.11 Å². The highest BCUT2D eigenvalue weighted by Crippen LogP contribution is 2.32. The van der Waals surface area contributed by atoms with Gasteiger partial charge in [0.15, 0.2) is 6.26 Å². The Labute approximate surface area is 91.4 Å². The normalized spacial score (nSPS) is 10.1. The fraction of sp³-hybridized carbons (Fsp3) is 0.0909. The summed E-state index contributed by atoms with van der Waals surface area (Å²) in [6.45, 7) is 0. The summed E-state index contributed by atoms with van der Waals surface area (Å²) in [6, 6.07) is 7.77. The van der Waals surface area contributed by atoms with Crippen molar-refractivity contribution in [3.8, 4) is 17.1 Å². The van der Waals surface area contributed by atoms with Gasteiger partial charge in [0.2, 0.25) is 0 Å².